The Hall–Kier alpha value is -2.55. The van der Waals surface area contributed by atoms with Gasteiger partial charge in [-0.25, -0.2) is 4.57 Å². The van der Waals surface area contributed by atoms with E-state index < -0.39 is 26.5 Å². The van der Waals surface area contributed by atoms with Gasteiger partial charge in [0.05, 0.1) is 13.2 Å². The summed E-state index contributed by atoms with van der Waals surface area (Å²) in [4.78, 5) is 35.4. The summed E-state index contributed by atoms with van der Waals surface area (Å²) in [5.74, 6) is -0.806. The van der Waals surface area contributed by atoms with Crippen LogP contribution in [0.5, 0.6) is 0 Å². The first-order valence-electron chi connectivity index (χ1n) is 38.4. The van der Waals surface area contributed by atoms with Crippen molar-refractivity contribution in [1.29, 1.82) is 0 Å². The zero-order valence-corrected chi connectivity index (χ0v) is 59.6. The maximum Gasteiger partial charge on any atom is 0.472 e. The number of ether oxygens (including phenoxy) is 2. The Bertz CT molecular complexity index is 1690. The molecular formula is C79H146NO8P. The minimum Gasteiger partial charge on any atom is -0.462 e. The van der Waals surface area contributed by atoms with Gasteiger partial charge in [0, 0.05) is 19.4 Å². The van der Waals surface area contributed by atoms with Crippen molar-refractivity contribution < 1.29 is 37.6 Å². The Morgan fingerprint density at radius 2 is 0.618 bits per heavy atom. The van der Waals surface area contributed by atoms with E-state index >= 15 is 0 Å². The molecule has 0 spiro atoms. The fraction of sp³-hybridized carbons (Fsp3) is 0.823. The van der Waals surface area contributed by atoms with Crippen LogP contribution < -0.4 is 5.73 Å². The standard InChI is InChI=1S/C79H146NO8P/c1-3-5-7-9-11-13-15-17-19-21-23-25-27-29-31-32-33-34-35-36-37-38-39-40-41-42-43-44-46-48-50-52-54-56-58-60-62-64-66-68-70-72-79(82)88-77(76-87-89(83,84)86-74-73-80)75-85-78(81)71-69-67-65-63-61-59-57-55-53-51-49-47-45-30-28-26-24-22-20-18-16-14-12-10-8-6-4-2/h5,7,11,13,17,19,22-25,29,31,77H,3-4,6,8-10,12,14-16,18,20-21,26-28,30,32-76,80H2,1-2H3,(H,83,84)/b7-5-,13-11-,19-17-,24-22-,25-23-,31-29-. The van der Waals surface area contributed by atoms with E-state index in [-0.39, 0.29) is 38.6 Å². The van der Waals surface area contributed by atoms with Crippen LogP contribution in [0.15, 0.2) is 72.9 Å². The van der Waals surface area contributed by atoms with E-state index in [9.17, 15) is 19.0 Å². The molecule has 0 aliphatic heterocycles. The lowest BCUT2D eigenvalue weighted by Crippen LogP contribution is -2.29. The third-order valence-corrected chi connectivity index (χ3v) is 18.1. The topological polar surface area (TPSA) is 134 Å². The lowest BCUT2D eigenvalue weighted by Gasteiger charge is -2.19. The zero-order chi connectivity index (χ0) is 64.4. The number of rotatable bonds is 73. The second-order valence-electron chi connectivity index (χ2n) is 25.8. The van der Waals surface area contributed by atoms with E-state index in [1.54, 1.807) is 0 Å². The highest BCUT2D eigenvalue weighted by atomic mass is 31.2. The molecule has 0 saturated heterocycles. The minimum atomic E-state index is -4.39. The SMILES string of the molecule is CC/C=C\C/C=C\C/C=C\C/C=C\C/C=C\CCCCCCCCCCCCCCCCCCCCCCCCCCCC(=O)OC(COC(=O)CCCCCCCCCCCCCCCCC/C=C\CCCCCCCCCC)COP(=O)(O)OCCN. The van der Waals surface area contributed by atoms with E-state index in [4.69, 9.17) is 24.3 Å². The molecule has 0 bridgehead atoms. The van der Waals surface area contributed by atoms with Gasteiger partial charge in [-0.15, -0.1) is 0 Å². The van der Waals surface area contributed by atoms with Crippen LogP contribution in [0.3, 0.4) is 0 Å². The van der Waals surface area contributed by atoms with Crippen molar-refractivity contribution in [3.8, 4) is 0 Å². The molecule has 2 unspecified atom stereocenters. The van der Waals surface area contributed by atoms with Gasteiger partial charge >= 0.3 is 19.8 Å². The molecule has 0 aliphatic carbocycles. The maximum absolute atomic E-state index is 12.8. The summed E-state index contributed by atoms with van der Waals surface area (Å²) >= 11 is 0. The summed E-state index contributed by atoms with van der Waals surface area (Å²) in [6.45, 7) is 3.70. The zero-order valence-electron chi connectivity index (χ0n) is 58.7. The summed E-state index contributed by atoms with van der Waals surface area (Å²) in [5, 5.41) is 0. The minimum absolute atomic E-state index is 0.0550. The molecule has 0 heterocycles. The monoisotopic (exact) mass is 1270 g/mol. The Balaban J connectivity index is 3.76. The Labute approximate surface area is 552 Å². The van der Waals surface area contributed by atoms with Crippen molar-refractivity contribution in [2.45, 2.75) is 392 Å². The molecule has 9 nitrogen and oxygen atoms in total. The van der Waals surface area contributed by atoms with E-state index in [2.05, 4.69) is 86.8 Å². The fourth-order valence-electron chi connectivity index (χ4n) is 11.4. The van der Waals surface area contributed by atoms with Gasteiger partial charge in [-0.3, -0.25) is 18.6 Å². The first-order chi connectivity index (χ1) is 43.8. The second-order valence-corrected chi connectivity index (χ2v) is 27.3. The number of hydrogen-bond donors (Lipinski definition) is 2. The van der Waals surface area contributed by atoms with Crippen LogP contribution in [0.1, 0.15) is 386 Å². The van der Waals surface area contributed by atoms with Gasteiger partial charge in [0.15, 0.2) is 6.10 Å². The number of phosphoric ester groups is 1. The first kappa shape index (κ1) is 86.5. The number of nitrogens with two attached hydrogens (primary N) is 1. The van der Waals surface area contributed by atoms with Crippen LogP contribution in [0.2, 0.25) is 0 Å². The molecule has 2 atom stereocenters. The van der Waals surface area contributed by atoms with Crippen molar-refractivity contribution in [2.75, 3.05) is 26.4 Å². The molecule has 0 saturated carbocycles. The normalized spacial score (nSPS) is 13.3. The van der Waals surface area contributed by atoms with Gasteiger partial charge < -0.3 is 20.1 Å². The van der Waals surface area contributed by atoms with Gasteiger partial charge in [-0.1, -0.05) is 363 Å². The highest BCUT2D eigenvalue weighted by Gasteiger charge is 2.26. The highest BCUT2D eigenvalue weighted by Crippen LogP contribution is 2.43. The molecule has 0 aromatic heterocycles. The maximum atomic E-state index is 12.8. The number of phosphoric acid groups is 1. The molecule has 3 N–H and O–H groups in total. The van der Waals surface area contributed by atoms with Crippen molar-refractivity contribution >= 4 is 19.8 Å². The number of hydrogen-bond acceptors (Lipinski definition) is 8. The molecule has 0 radical (unpaired) electrons. The molecule has 520 valence electrons. The predicted octanol–water partition coefficient (Wildman–Crippen LogP) is 25.5. The number of unbranched alkanes of at least 4 members (excludes halogenated alkanes) is 48. The summed E-state index contributed by atoms with van der Waals surface area (Å²) in [6.07, 6.45) is 98.9. The van der Waals surface area contributed by atoms with Crippen LogP contribution in [0.25, 0.3) is 0 Å². The second kappa shape index (κ2) is 74.5. The van der Waals surface area contributed by atoms with E-state index in [1.807, 2.05) is 0 Å². The third-order valence-electron chi connectivity index (χ3n) is 17.1. The van der Waals surface area contributed by atoms with Crippen molar-refractivity contribution in [3.63, 3.8) is 0 Å². The molecular weight excluding hydrogens is 1120 g/mol. The summed E-state index contributed by atoms with van der Waals surface area (Å²) in [6, 6.07) is 0. The quantitative estimate of drug-likeness (QED) is 0.0264. The predicted molar refractivity (Wildman–Crippen MR) is 386 cm³/mol. The van der Waals surface area contributed by atoms with Gasteiger partial charge in [-0.2, -0.15) is 0 Å². The van der Waals surface area contributed by atoms with Crippen molar-refractivity contribution in [1.82, 2.24) is 0 Å². The average molecular weight is 1270 g/mol. The van der Waals surface area contributed by atoms with Crippen LogP contribution >= 0.6 is 7.82 Å². The lowest BCUT2D eigenvalue weighted by atomic mass is 10.0. The molecule has 0 aliphatic rings. The van der Waals surface area contributed by atoms with E-state index in [0.717, 1.165) is 64.2 Å². The molecule has 0 aromatic carbocycles. The van der Waals surface area contributed by atoms with E-state index in [0.29, 0.717) is 6.42 Å². The molecule has 10 heteroatoms. The number of carbonyl (C=O) groups is 2. The van der Waals surface area contributed by atoms with Gasteiger partial charge in [-0.05, 0) is 83.5 Å². The molecule has 0 rings (SSSR count). The molecule has 0 aromatic rings. The van der Waals surface area contributed by atoms with Crippen LogP contribution in [0, 0.1) is 0 Å². The molecule has 89 heavy (non-hydrogen) atoms. The summed E-state index contributed by atoms with van der Waals surface area (Å²) < 4.78 is 33.2. The Morgan fingerprint density at radius 1 is 0.348 bits per heavy atom. The van der Waals surface area contributed by atoms with Crippen LogP contribution in [-0.2, 0) is 32.7 Å². The molecule has 0 amide bonds. The summed E-state index contributed by atoms with van der Waals surface area (Å²) in [7, 11) is -4.39. The smallest absolute Gasteiger partial charge is 0.462 e. The third kappa shape index (κ3) is 74.4. The lowest BCUT2D eigenvalue weighted by molar-refractivity contribution is -0.161. The van der Waals surface area contributed by atoms with E-state index in [1.165, 1.54) is 289 Å². The van der Waals surface area contributed by atoms with Crippen LogP contribution in [-0.4, -0.2) is 49.3 Å². The Kier molecular flexibility index (Phi) is 72.4. The Morgan fingerprint density at radius 3 is 0.933 bits per heavy atom. The fourth-order valence-corrected chi connectivity index (χ4v) is 12.2. The van der Waals surface area contributed by atoms with Gasteiger partial charge in [0.1, 0.15) is 6.61 Å². The number of allylic oxidation sites excluding steroid dienone is 12. The summed E-state index contributed by atoms with van der Waals surface area (Å²) in [5.41, 5.74) is 5.41. The number of carbonyl (C=O) groups excluding carboxylic acids is 2. The van der Waals surface area contributed by atoms with Crippen molar-refractivity contribution in [2.24, 2.45) is 5.73 Å². The first-order valence-corrected chi connectivity index (χ1v) is 39.9. The van der Waals surface area contributed by atoms with Crippen LogP contribution in [0.4, 0.5) is 0 Å². The van der Waals surface area contributed by atoms with Gasteiger partial charge in [0.2, 0.25) is 0 Å². The van der Waals surface area contributed by atoms with Crippen molar-refractivity contribution in [3.05, 3.63) is 72.9 Å². The largest absolute Gasteiger partial charge is 0.472 e. The van der Waals surface area contributed by atoms with Gasteiger partial charge in [0.25, 0.3) is 0 Å². The number of esters is 2. The highest BCUT2D eigenvalue weighted by molar-refractivity contribution is 7.47. The molecule has 0 fully saturated rings. The average Bonchev–Trinajstić information content (AvgIpc) is 3.58.